The molecular formula is C33H40N2. The van der Waals surface area contributed by atoms with Crippen LogP contribution >= 0.6 is 0 Å². The van der Waals surface area contributed by atoms with Crippen molar-refractivity contribution in [3.8, 4) is 0 Å². The predicted octanol–water partition coefficient (Wildman–Crippen LogP) is 8.54. The van der Waals surface area contributed by atoms with Gasteiger partial charge in [0.25, 0.3) is 0 Å². The van der Waals surface area contributed by atoms with Crippen LogP contribution < -0.4 is 9.80 Å². The Labute approximate surface area is 212 Å². The molecule has 0 aromatic heterocycles. The SMILES string of the molecule is CC1CCCCC(N2c3ccccc3CCc3cc4c(cc32)CCc2ccccc2N4C)CCC1. The molecule has 1 aliphatic carbocycles. The molecule has 2 heteroatoms. The maximum absolute atomic E-state index is 2.80. The standard InChI is InChI=1S/C33H40N2/c1-24-10-3-6-14-29(15-9-11-24)35-31-17-8-5-13-26(31)19-21-28-22-32-27(23-33(28)35)20-18-25-12-4-7-16-30(25)34(32)2/h4-5,7-8,12-13,16-17,22-24,29H,3,6,9-11,14-15,18-21H2,1-2H3. The Morgan fingerprint density at radius 1 is 0.571 bits per heavy atom. The number of para-hydroxylation sites is 2. The second-order valence-corrected chi connectivity index (χ2v) is 11.3. The maximum Gasteiger partial charge on any atom is 0.0450 e. The second kappa shape index (κ2) is 9.72. The molecule has 0 saturated heterocycles. The maximum atomic E-state index is 2.80. The van der Waals surface area contributed by atoms with E-state index in [9.17, 15) is 0 Å². The van der Waals surface area contributed by atoms with Crippen molar-refractivity contribution < 1.29 is 0 Å². The highest BCUT2D eigenvalue weighted by Crippen LogP contribution is 2.45. The monoisotopic (exact) mass is 464 g/mol. The van der Waals surface area contributed by atoms with Gasteiger partial charge in [0.05, 0.1) is 0 Å². The van der Waals surface area contributed by atoms with Crippen molar-refractivity contribution in [3.05, 3.63) is 82.9 Å². The van der Waals surface area contributed by atoms with Crippen LogP contribution in [-0.2, 0) is 25.7 Å². The van der Waals surface area contributed by atoms with Gasteiger partial charge in [-0.15, -0.1) is 0 Å². The van der Waals surface area contributed by atoms with E-state index in [0.717, 1.165) is 31.6 Å². The van der Waals surface area contributed by atoms with E-state index in [1.54, 1.807) is 0 Å². The van der Waals surface area contributed by atoms with E-state index in [2.05, 4.69) is 84.4 Å². The average Bonchev–Trinajstić information content (AvgIpc) is 3.06. The molecule has 1 fully saturated rings. The fourth-order valence-electron chi connectivity index (χ4n) is 6.92. The van der Waals surface area contributed by atoms with Crippen LogP contribution in [0.15, 0.2) is 60.7 Å². The topological polar surface area (TPSA) is 6.48 Å². The van der Waals surface area contributed by atoms with Crippen LogP contribution in [0.2, 0.25) is 0 Å². The highest BCUT2D eigenvalue weighted by atomic mass is 15.2. The van der Waals surface area contributed by atoms with Crippen molar-refractivity contribution in [1.82, 2.24) is 0 Å². The summed E-state index contributed by atoms with van der Waals surface area (Å²) in [6.07, 6.45) is 14.0. The van der Waals surface area contributed by atoms with Gasteiger partial charge in [-0.05, 0) is 91.0 Å². The number of hydrogen-bond donors (Lipinski definition) is 0. The molecule has 35 heavy (non-hydrogen) atoms. The Bertz CT molecular complexity index is 1200. The van der Waals surface area contributed by atoms with E-state index in [-0.39, 0.29) is 0 Å². The minimum absolute atomic E-state index is 0.594. The van der Waals surface area contributed by atoms with Gasteiger partial charge in [0.15, 0.2) is 0 Å². The summed E-state index contributed by atoms with van der Waals surface area (Å²) in [4.78, 5) is 5.24. The van der Waals surface area contributed by atoms with Gasteiger partial charge in [-0.25, -0.2) is 0 Å². The summed E-state index contributed by atoms with van der Waals surface area (Å²) < 4.78 is 0. The molecule has 2 unspecified atom stereocenters. The van der Waals surface area contributed by atoms with E-state index < -0.39 is 0 Å². The van der Waals surface area contributed by atoms with Crippen molar-refractivity contribution in [3.63, 3.8) is 0 Å². The summed E-state index contributed by atoms with van der Waals surface area (Å²) >= 11 is 0. The number of benzene rings is 3. The highest BCUT2D eigenvalue weighted by molar-refractivity contribution is 5.79. The van der Waals surface area contributed by atoms with Crippen LogP contribution in [0.25, 0.3) is 0 Å². The lowest BCUT2D eigenvalue weighted by Gasteiger charge is -2.36. The zero-order valence-corrected chi connectivity index (χ0v) is 21.6. The van der Waals surface area contributed by atoms with Gasteiger partial charge in [-0.2, -0.15) is 0 Å². The van der Waals surface area contributed by atoms with Gasteiger partial charge in [-0.1, -0.05) is 75.4 Å². The molecule has 6 rings (SSSR count). The van der Waals surface area contributed by atoms with Crippen LogP contribution in [0.4, 0.5) is 22.7 Å². The normalized spacial score (nSPS) is 22.3. The van der Waals surface area contributed by atoms with Gasteiger partial charge in [0, 0.05) is 35.8 Å². The first-order valence-electron chi connectivity index (χ1n) is 14.0. The third-order valence-electron chi connectivity index (χ3n) is 8.92. The van der Waals surface area contributed by atoms with Gasteiger partial charge >= 0.3 is 0 Å². The Balaban J connectivity index is 1.45. The van der Waals surface area contributed by atoms with Gasteiger partial charge in [0.1, 0.15) is 0 Å². The lowest BCUT2D eigenvalue weighted by atomic mass is 9.96. The molecule has 0 spiro atoms. The number of fused-ring (bicyclic) bond motifs is 4. The van der Waals surface area contributed by atoms with Crippen LogP contribution in [0.3, 0.4) is 0 Å². The van der Waals surface area contributed by atoms with E-state index in [1.807, 2.05) is 0 Å². The summed E-state index contributed by atoms with van der Waals surface area (Å²) in [5, 5.41) is 0. The first kappa shape index (κ1) is 22.7. The minimum Gasteiger partial charge on any atom is -0.344 e. The molecule has 0 radical (unpaired) electrons. The Morgan fingerprint density at radius 3 is 1.91 bits per heavy atom. The van der Waals surface area contributed by atoms with Crippen molar-refractivity contribution in [1.29, 1.82) is 0 Å². The molecule has 2 nitrogen and oxygen atoms in total. The van der Waals surface area contributed by atoms with E-state index in [1.165, 1.54) is 89.9 Å². The Hall–Kier alpha value is -2.74. The summed E-state index contributed by atoms with van der Waals surface area (Å²) in [6.45, 7) is 2.46. The number of anilines is 4. The zero-order valence-electron chi connectivity index (χ0n) is 21.6. The highest BCUT2D eigenvalue weighted by Gasteiger charge is 2.29. The molecule has 0 bridgehead atoms. The summed E-state index contributed by atoms with van der Waals surface area (Å²) in [7, 11) is 2.26. The van der Waals surface area contributed by atoms with E-state index in [0.29, 0.717) is 6.04 Å². The molecule has 1 saturated carbocycles. The quantitative estimate of drug-likeness (QED) is 0.356. The molecule has 182 valence electrons. The zero-order chi connectivity index (χ0) is 23.8. The van der Waals surface area contributed by atoms with Crippen LogP contribution in [0, 0.1) is 5.92 Å². The van der Waals surface area contributed by atoms with Crippen molar-refractivity contribution in [2.45, 2.75) is 83.6 Å². The number of nitrogens with zero attached hydrogens (tertiary/aromatic N) is 2. The lowest BCUT2D eigenvalue weighted by molar-refractivity contribution is 0.462. The molecule has 3 aromatic rings. The number of hydrogen-bond acceptors (Lipinski definition) is 2. The molecule has 2 aliphatic heterocycles. The van der Waals surface area contributed by atoms with Crippen molar-refractivity contribution >= 4 is 22.7 Å². The fourth-order valence-corrected chi connectivity index (χ4v) is 6.92. The average molecular weight is 465 g/mol. The van der Waals surface area contributed by atoms with Crippen molar-refractivity contribution in [2.75, 3.05) is 16.8 Å². The largest absolute Gasteiger partial charge is 0.344 e. The van der Waals surface area contributed by atoms with Gasteiger partial charge in [-0.3, -0.25) is 0 Å². The van der Waals surface area contributed by atoms with E-state index >= 15 is 0 Å². The smallest absolute Gasteiger partial charge is 0.0450 e. The van der Waals surface area contributed by atoms with Crippen molar-refractivity contribution in [2.24, 2.45) is 5.92 Å². The van der Waals surface area contributed by atoms with Gasteiger partial charge in [0.2, 0.25) is 0 Å². The third-order valence-corrected chi connectivity index (χ3v) is 8.92. The number of rotatable bonds is 1. The second-order valence-electron chi connectivity index (χ2n) is 11.3. The fraction of sp³-hybridized carbons (Fsp3) is 0.455. The first-order valence-corrected chi connectivity index (χ1v) is 14.0. The third kappa shape index (κ3) is 4.37. The molecule has 0 N–H and O–H groups in total. The van der Waals surface area contributed by atoms with Crippen LogP contribution in [0.5, 0.6) is 0 Å². The molecule has 3 aromatic carbocycles. The minimum atomic E-state index is 0.594. The van der Waals surface area contributed by atoms with Gasteiger partial charge < -0.3 is 9.80 Å². The summed E-state index contributed by atoms with van der Waals surface area (Å²) in [5.41, 5.74) is 11.7. The number of aryl methyl sites for hydroxylation is 4. The first-order chi connectivity index (χ1) is 17.2. The Morgan fingerprint density at radius 2 is 1.11 bits per heavy atom. The predicted molar refractivity (Wildman–Crippen MR) is 150 cm³/mol. The molecule has 3 aliphatic rings. The summed E-state index contributed by atoms with van der Waals surface area (Å²) in [5.74, 6) is 0.880. The Kier molecular flexibility index (Phi) is 6.31. The molecule has 2 atom stereocenters. The molecule has 0 amide bonds. The van der Waals surface area contributed by atoms with Crippen LogP contribution in [0.1, 0.15) is 74.1 Å². The summed E-state index contributed by atoms with van der Waals surface area (Å²) in [6, 6.07) is 23.9. The molecule has 2 heterocycles. The van der Waals surface area contributed by atoms with Crippen LogP contribution in [-0.4, -0.2) is 13.1 Å². The lowest BCUT2D eigenvalue weighted by Crippen LogP contribution is -2.32. The molecular weight excluding hydrogens is 424 g/mol. The van der Waals surface area contributed by atoms with E-state index in [4.69, 9.17) is 0 Å².